The average molecular weight is 248 g/mol. The van der Waals surface area contributed by atoms with E-state index in [1.54, 1.807) is 6.33 Å². The van der Waals surface area contributed by atoms with Gasteiger partial charge >= 0.3 is 0 Å². The SMILES string of the molecule is CC1CCN(c2ncnc(N)c2C(C)C)C(C)C1. The quantitative estimate of drug-likeness (QED) is 0.874. The van der Waals surface area contributed by atoms with E-state index < -0.39 is 0 Å². The monoisotopic (exact) mass is 248 g/mol. The van der Waals surface area contributed by atoms with Crippen LogP contribution < -0.4 is 10.6 Å². The molecule has 4 heteroatoms. The summed E-state index contributed by atoms with van der Waals surface area (Å²) in [7, 11) is 0. The molecule has 1 saturated heterocycles. The molecule has 1 fully saturated rings. The summed E-state index contributed by atoms with van der Waals surface area (Å²) in [4.78, 5) is 11.0. The predicted molar refractivity (Wildman–Crippen MR) is 75.7 cm³/mol. The van der Waals surface area contributed by atoms with Crippen LogP contribution in [0.15, 0.2) is 6.33 Å². The van der Waals surface area contributed by atoms with E-state index in [1.165, 1.54) is 12.8 Å². The average Bonchev–Trinajstić information content (AvgIpc) is 2.28. The second kappa shape index (κ2) is 5.12. The Morgan fingerprint density at radius 1 is 1.33 bits per heavy atom. The van der Waals surface area contributed by atoms with Gasteiger partial charge in [0.1, 0.15) is 18.0 Å². The molecule has 0 spiro atoms. The highest BCUT2D eigenvalue weighted by molar-refractivity contribution is 5.58. The second-order valence-corrected chi connectivity index (χ2v) is 5.82. The van der Waals surface area contributed by atoms with Crippen LogP contribution in [0.5, 0.6) is 0 Å². The number of piperidine rings is 1. The fraction of sp³-hybridized carbons (Fsp3) is 0.714. The maximum Gasteiger partial charge on any atom is 0.137 e. The molecule has 0 aromatic carbocycles. The number of nitrogen functional groups attached to an aromatic ring is 1. The molecule has 1 aliphatic rings. The molecular formula is C14H24N4. The van der Waals surface area contributed by atoms with Crippen LogP contribution in [0.4, 0.5) is 11.6 Å². The van der Waals surface area contributed by atoms with Crippen molar-refractivity contribution in [2.45, 2.75) is 52.5 Å². The number of nitrogens with zero attached hydrogens (tertiary/aromatic N) is 3. The molecule has 2 unspecified atom stereocenters. The lowest BCUT2D eigenvalue weighted by Gasteiger charge is -2.38. The molecule has 1 aromatic heterocycles. The van der Waals surface area contributed by atoms with Crippen LogP contribution in [-0.4, -0.2) is 22.6 Å². The van der Waals surface area contributed by atoms with E-state index in [4.69, 9.17) is 5.73 Å². The summed E-state index contributed by atoms with van der Waals surface area (Å²) in [6.45, 7) is 9.97. The normalized spacial score (nSPS) is 24.6. The van der Waals surface area contributed by atoms with Crippen LogP contribution >= 0.6 is 0 Å². The Bertz CT molecular complexity index is 416. The van der Waals surface area contributed by atoms with Crippen molar-refractivity contribution in [2.75, 3.05) is 17.2 Å². The molecule has 4 nitrogen and oxygen atoms in total. The molecule has 0 bridgehead atoms. The van der Waals surface area contributed by atoms with Crippen LogP contribution in [0.25, 0.3) is 0 Å². The van der Waals surface area contributed by atoms with E-state index in [0.29, 0.717) is 17.8 Å². The Kier molecular flexibility index (Phi) is 3.73. The maximum absolute atomic E-state index is 6.02. The van der Waals surface area contributed by atoms with Gasteiger partial charge in [-0.25, -0.2) is 9.97 Å². The smallest absolute Gasteiger partial charge is 0.137 e. The minimum absolute atomic E-state index is 0.354. The summed E-state index contributed by atoms with van der Waals surface area (Å²) < 4.78 is 0. The van der Waals surface area contributed by atoms with Gasteiger partial charge in [-0.05, 0) is 31.6 Å². The van der Waals surface area contributed by atoms with E-state index in [2.05, 4.69) is 42.6 Å². The fourth-order valence-corrected chi connectivity index (χ4v) is 2.90. The molecule has 0 aliphatic carbocycles. The molecule has 1 aromatic rings. The number of hydrogen-bond donors (Lipinski definition) is 1. The van der Waals surface area contributed by atoms with Crippen molar-refractivity contribution in [3.05, 3.63) is 11.9 Å². The Morgan fingerprint density at radius 3 is 2.67 bits per heavy atom. The third-order valence-electron chi connectivity index (χ3n) is 3.88. The van der Waals surface area contributed by atoms with Gasteiger partial charge in [0.25, 0.3) is 0 Å². The molecule has 0 amide bonds. The summed E-state index contributed by atoms with van der Waals surface area (Å²) in [6, 6.07) is 0.528. The molecular weight excluding hydrogens is 224 g/mol. The number of aromatic nitrogens is 2. The molecule has 18 heavy (non-hydrogen) atoms. The van der Waals surface area contributed by atoms with Gasteiger partial charge in [-0.2, -0.15) is 0 Å². The summed E-state index contributed by atoms with van der Waals surface area (Å²) in [5, 5.41) is 0. The zero-order valence-corrected chi connectivity index (χ0v) is 11.8. The lowest BCUT2D eigenvalue weighted by molar-refractivity contribution is 0.375. The molecule has 2 heterocycles. The number of nitrogens with two attached hydrogens (primary N) is 1. The van der Waals surface area contributed by atoms with Crippen LogP contribution in [0, 0.1) is 5.92 Å². The highest BCUT2D eigenvalue weighted by Gasteiger charge is 2.27. The van der Waals surface area contributed by atoms with Gasteiger partial charge in [0.2, 0.25) is 0 Å². The van der Waals surface area contributed by atoms with E-state index in [1.807, 2.05) is 0 Å². The predicted octanol–water partition coefficient (Wildman–Crippen LogP) is 2.81. The minimum atomic E-state index is 0.354. The van der Waals surface area contributed by atoms with Crippen LogP contribution in [-0.2, 0) is 0 Å². The maximum atomic E-state index is 6.02. The Labute approximate surface area is 110 Å². The van der Waals surface area contributed by atoms with Gasteiger partial charge in [0.05, 0.1) is 0 Å². The van der Waals surface area contributed by atoms with E-state index in [0.717, 1.165) is 23.8 Å². The first-order valence-electron chi connectivity index (χ1n) is 6.87. The van der Waals surface area contributed by atoms with E-state index in [9.17, 15) is 0 Å². The molecule has 0 radical (unpaired) electrons. The Morgan fingerprint density at radius 2 is 2.06 bits per heavy atom. The first-order valence-corrected chi connectivity index (χ1v) is 6.87. The van der Waals surface area contributed by atoms with Crippen molar-refractivity contribution < 1.29 is 0 Å². The molecule has 2 rings (SSSR count). The molecule has 2 atom stereocenters. The van der Waals surface area contributed by atoms with Gasteiger partial charge in [0, 0.05) is 18.2 Å². The Balaban J connectivity index is 2.36. The third-order valence-corrected chi connectivity index (χ3v) is 3.88. The zero-order chi connectivity index (χ0) is 13.3. The van der Waals surface area contributed by atoms with Gasteiger partial charge in [-0.3, -0.25) is 0 Å². The lowest BCUT2D eigenvalue weighted by atomic mass is 9.92. The molecule has 0 saturated carbocycles. The van der Waals surface area contributed by atoms with Gasteiger partial charge < -0.3 is 10.6 Å². The Hall–Kier alpha value is -1.32. The molecule has 1 aliphatic heterocycles. The summed E-state index contributed by atoms with van der Waals surface area (Å²) in [6.07, 6.45) is 4.04. The van der Waals surface area contributed by atoms with Gasteiger partial charge in [-0.15, -0.1) is 0 Å². The van der Waals surface area contributed by atoms with Crippen LogP contribution in [0.1, 0.15) is 52.0 Å². The number of rotatable bonds is 2. The van der Waals surface area contributed by atoms with Crippen molar-refractivity contribution in [3.8, 4) is 0 Å². The first kappa shape index (κ1) is 13.1. The van der Waals surface area contributed by atoms with Crippen molar-refractivity contribution in [1.29, 1.82) is 0 Å². The van der Waals surface area contributed by atoms with Crippen LogP contribution in [0.3, 0.4) is 0 Å². The molecule has 100 valence electrons. The van der Waals surface area contributed by atoms with E-state index in [-0.39, 0.29) is 0 Å². The third kappa shape index (κ3) is 2.42. The van der Waals surface area contributed by atoms with Gasteiger partial charge in [0.15, 0.2) is 0 Å². The van der Waals surface area contributed by atoms with Crippen LogP contribution in [0.2, 0.25) is 0 Å². The summed E-state index contributed by atoms with van der Waals surface area (Å²) in [5.41, 5.74) is 7.12. The summed E-state index contributed by atoms with van der Waals surface area (Å²) in [5.74, 6) is 2.82. The highest BCUT2D eigenvalue weighted by atomic mass is 15.2. The van der Waals surface area contributed by atoms with Crippen molar-refractivity contribution in [3.63, 3.8) is 0 Å². The largest absolute Gasteiger partial charge is 0.383 e. The summed E-state index contributed by atoms with van der Waals surface area (Å²) >= 11 is 0. The van der Waals surface area contributed by atoms with Crippen molar-refractivity contribution >= 4 is 11.6 Å². The fourth-order valence-electron chi connectivity index (χ4n) is 2.90. The number of hydrogen-bond acceptors (Lipinski definition) is 4. The standard InChI is InChI=1S/C14H24N4/c1-9(2)12-13(15)16-8-17-14(12)18-6-5-10(3)7-11(18)4/h8-11H,5-7H2,1-4H3,(H2,15,16,17). The second-order valence-electron chi connectivity index (χ2n) is 5.82. The topological polar surface area (TPSA) is 55.0 Å². The highest BCUT2D eigenvalue weighted by Crippen LogP contribution is 2.33. The lowest BCUT2D eigenvalue weighted by Crippen LogP contribution is -2.41. The molecule has 2 N–H and O–H groups in total. The van der Waals surface area contributed by atoms with Gasteiger partial charge in [-0.1, -0.05) is 20.8 Å². The zero-order valence-electron chi connectivity index (χ0n) is 11.8. The van der Waals surface area contributed by atoms with Crippen molar-refractivity contribution in [2.24, 2.45) is 5.92 Å². The number of anilines is 2. The van der Waals surface area contributed by atoms with E-state index >= 15 is 0 Å². The van der Waals surface area contributed by atoms with Crippen molar-refractivity contribution in [1.82, 2.24) is 9.97 Å². The first-order chi connectivity index (χ1) is 8.50. The minimum Gasteiger partial charge on any atom is -0.383 e.